The Labute approximate surface area is 90.8 Å². The van der Waals surface area contributed by atoms with Gasteiger partial charge in [0.15, 0.2) is 0 Å². The summed E-state index contributed by atoms with van der Waals surface area (Å²) in [6.07, 6.45) is 4.39. The summed E-state index contributed by atoms with van der Waals surface area (Å²) in [6, 6.07) is 2.06. The van der Waals surface area contributed by atoms with Crippen LogP contribution in [0.2, 0.25) is 0 Å². The van der Waals surface area contributed by atoms with Gasteiger partial charge in [-0.25, -0.2) is 0 Å². The van der Waals surface area contributed by atoms with Gasteiger partial charge in [-0.15, -0.1) is 0 Å². The van der Waals surface area contributed by atoms with Crippen LogP contribution in [0.5, 0.6) is 0 Å². The molecule has 15 heavy (non-hydrogen) atoms. The van der Waals surface area contributed by atoms with Crippen LogP contribution in [-0.4, -0.2) is 19.0 Å². The summed E-state index contributed by atoms with van der Waals surface area (Å²) in [6.45, 7) is 1.22. The third kappa shape index (κ3) is 3.52. The molecule has 0 aromatic rings. The lowest BCUT2D eigenvalue weighted by molar-refractivity contribution is -0.125. The van der Waals surface area contributed by atoms with Crippen molar-refractivity contribution < 1.29 is 4.79 Å². The molecule has 2 unspecified atom stereocenters. The van der Waals surface area contributed by atoms with Gasteiger partial charge in [-0.2, -0.15) is 5.26 Å². The van der Waals surface area contributed by atoms with E-state index >= 15 is 0 Å². The van der Waals surface area contributed by atoms with Crippen molar-refractivity contribution in [2.45, 2.75) is 32.1 Å². The van der Waals surface area contributed by atoms with Crippen molar-refractivity contribution in [3.05, 3.63) is 0 Å². The van der Waals surface area contributed by atoms with Gasteiger partial charge in [0.25, 0.3) is 0 Å². The highest BCUT2D eigenvalue weighted by molar-refractivity contribution is 5.79. The number of amides is 1. The lowest BCUT2D eigenvalue weighted by Gasteiger charge is -2.16. The Bertz CT molecular complexity index is 247. The van der Waals surface area contributed by atoms with E-state index in [4.69, 9.17) is 11.0 Å². The molecule has 4 heteroatoms. The van der Waals surface area contributed by atoms with E-state index in [1.54, 1.807) is 0 Å². The van der Waals surface area contributed by atoms with Gasteiger partial charge in [0.2, 0.25) is 5.91 Å². The number of rotatable bonds is 5. The summed E-state index contributed by atoms with van der Waals surface area (Å²) >= 11 is 0. The van der Waals surface area contributed by atoms with Crippen molar-refractivity contribution in [2.24, 2.45) is 17.6 Å². The van der Waals surface area contributed by atoms with Gasteiger partial charge in [-0.3, -0.25) is 4.79 Å². The van der Waals surface area contributed by atoms with Crippen LogP contribution in [0.15, 0.2) is 0 Å². The smallest absolute Gasteiger partial charge is 0.223 e. The SMILES string of the molecule is N#CCCCNC(=O)C1CCCC1CN. The van der Waals surface area contributed by atoms with Gasteiger partial charge >= 0.3 is 0 Å². The molecule has 1 amide bonds. The first-order valence-corrected chi connectivity index (χ1v) is 5.64. The average molecular weight is 209 g/mol. The third-order valence-electron chi connectivity index (χ3n) is 3.06. The van der Waals surface area contributed by atoms with E-state index in [0.717, 1.165) is 25.7 Å². The summed E-state index contributed by atoms with van der Waals surface area (Å²) in [5.74, 6) is 0.596. The zero-order valence-corrected chi connectivity index (χ0v) is 9.04. The number of nitrogens with one attached hydrogen (secondary N) is 1. The molecule has 1 saturated carbocycles. The molecule has 0 aromatic heterocycles. The number of unbranched alkanes of at least 4 members (excludes halogenated alkanes) is 1. The highest BCUT2D eigenvalue weighted by Crippen LogP contribution is 2.30. The molecule has 1 aliphatic carbocycles. The zero-order chi connectivity index (χ0) is 11.1. The average Bonchev–Trinajstić information content (AvgIpc) is 2.72. The van der Waals surface area contributed by atoms with Crippen LogP contribution in [0.4, 0.5) is 0 Å². The van der Waals surface area contributed by atoms with Crippen LogP contribution in [-0.2, 0) is 4.79 Å². The molecule has 0 saturated heterocycles. The van der Waals surface area contributed by atoms with Gasteiger partial charge in [-0.05, 0) is 31.7 Å². The molecular formula is C11H19N3O. The molecule has 0 radical (unpaired) electrons. The first-order chi connectivity index (χ1) is 7.29. The number of carbonyl (C=O) groups excluding carboxylic acids is 1. The van der Waals surface area contributed by atoms with Gasteiger partial charge < -0.3 is 11.1 Å². The summed E-state index contributed by atoms with van der Waals surface area (Å²) in [5.41, 5.74) is 5.62. The Morgan fingerprint density at radius 2 is 2.33 bits per heavy atom. The molecule has 84 valence electrons. The second-order valence-corrected chi connectivity index (χ2v) is 4.09. The molecule has 0 aromatic carbocycles. The van der Waals surface area contributed by atoms with Gasteiger partial charge in [0.1, 0.15) is 0 Å². The largest absolute Gasteiger partial charge is 0.356 e. The Morgan fingerprint density at radius 3 is 3.00 bits per heavy atom. The maximum absolute atomic E-state index is 11.7. The number of nitrogens with two attached hydrogens (primary N) is 1. The molecule has 0 aliphatic heterocycles. The maximum atomic E-state index is 11.7. The fourth-order valence-corrected chi connectivity index (χ4v) is 2.17. The van der Waals surface area contributed by atoms with Crippen molar-refractivity contribution in [3.8, 4) is 6.07 Å². The van der Waals surface area contributed by atoms with Crippen LogP contribution in [0.1, 0.15) is 32.1 Å². The Morgan fingerprint density at radius 1 is 1.53 bits per heavy atom. The van der Waals surface area contributed by atoms with Crippen molar-refractivity contribution in [1.82, 2.24) is 5.32 Å². The first kappa shape index (κ1) is 12.0. The Kier molecular flexibility index (Phi) is 5.13. The maximum Gasteiger partial charge on any atom is 0.223 e. The highest BCUT2D eigenvalue weighted by atomic mass is 16.1. The van der Waals surface area contributed by atoms with Gasteiger partial charge in [-0.1, -0.05) is 6.42 Å². The summed E-state index contributed by atoms with van der Waals surface area (Å²) in [4.78, 5) is 11.7. The van der Waals surface area contributed by atoms with Crippen LogP contribution in [0.25, 0.3) is 0 Å². The Balaban J connectivity index is 2.24. The number of hydrogen-bond acceptors (Lipinski definition) is 3. The molecule has 0 bridgehead atoms. The van der Waals surface area contributed by atoms with E-state index in [1.807, 2.05) is 0 Å². The predicted octanol–water partition coefficient (Wildman–Crippen LogP) is 0.781. The van der Waals surface area contributed by atoms with E-state index < -0.39 is 0 Å². The second kappa shape index (κ2) is 6.41. The molecular weight excluding hydrogens is 190 g/mol. The first-order valence-electron chi connectivity index (χ1n) is 5.64. The highest BCUT2D eigenvalue weighted by Gasteiger charge is 2.31. The van der Waals surface area contributed by atoms with Crippen molar-refractivity contribution in [3.63, 3.8) is 0 Å². The minimum atomic E-state index is 0.108. The van der Waals surface area contributed by atoms with Gasteiger partial charge in [0.05, 0.1) is 6.07 Å². The topological polar surface area (TPSA) is 78.9 Å². The van der Waals surface area contributed by atoms with Crippen LogP contribution >= 0.6 is 0 Å². The molecule has 0 heterocycles. The number of nitriles is 1. The summed E-state index contributed by atoms with van der Waals surface area (Å²) in [5, 5.41) is 11.2. The normalized spacial score (nSPS) is 24.8. The lowest BCUT2D eigenvalue weighted by Crippen LogP contribution is -2.35. The van der Waals surface area contributed by atoms with E-state index in [1.165, 1.54) is 0 Å². The summed E-state index contributed by atoms with van der Waals surface area (Å²) in [7, 11) is 0. The minimum Gasteiger partial charge on any atom is -0.356 e. The third-order valence-corrected chi connectivity index (χ3v) is 3.06. The predicted molar refractivity (Wildman–Crippen MR) is 57.7 cm³/mol. The molecule has 2 atom stereocenters. The fourth-order valence-electron chi connectivity index (χ4n) is 2.17. The van der Waals surface area contributed by atoms with Crippen molar-refractivity contribution in [2.75, 3.05) is 13.1 Å². The number of hydrogen-bond donors (Lipinski definition) is 2. The van der Waals surface area contributed by atoms with E-state index in [9.17, 15) is 4.79 Å². The molecule has 4 nitrogen and oxygen atoms in total. The molecule has 3 N–H and O–H groups in total. The second-order valence-electron chi connectivity index (χ2n) is 4.09. The quantitative estimate of drug-likeness (QED) is 0.657. The van der Waals surface area contributed by atoms with Gasteiger partial charge in [0, 0.05) is 18.9 Å². The van der Waals surface area contributed by atoms with Crippen molar-refractivity contribution in [1.29, 1.82) is 5.26 Å². The number of nitrogens with zero attached hydrogens (tertiary/aromatic N) is 1. The van der Waals surface area contributed by atoms with Crippen LogP contribution in [0, 0.1) is 23.2 Å². The fraction of sp³-hybridized carbons (Fsp3) is 0.818. The molecule has 1 aliphatic rings. The van der Waals surface area contributed by atoms with Crippen molar-refractivity contribution >= 4 is 5.91 Å². The Hall–Kier alpha value is -1.08. The lowest BCUT2D eigenvalue weighted by atomic mass is 9.95. The minimum absolute atomic E-state index is 0.108. The zero-order valence-electron chi connectivity index (χ0n) is 9.04. The van der Waals surface area contributed by atoms with E-state index in [0.29, 0.717) is 25.4 Å². The standard InChI is InChI=1S/C11H19N3O/c12-6-1-2-7-14-11(15)10-5-3-4-9(10)8-13/h9-10H,1-5,7-8,13H2,(H,14,15). The summed E-state index contributed by atoms with van der Waals surface area (Å²) < 4.78 is 0. The molecule has 1 fully saturated rings. The van der Waals surface area contributed by atoms with E-state index in [-0.39, 0.29) is 11.8 Å². The van der Waals surface area contributed by atoms with Crippen LogP contribution in [0.3, 0.4) is 0 Å². The molecule has 1 rings (SSSR count). The number of carbonyl (C=O) groups is 1. The van der Waals surface area contributed by atoms with E-state index in [2.05, 4.69) is 11.4 Å². The van der Waals surface area contributed by atoms with Crippen LogP contribution < -0.4 is 11.1 Å². The molecule has 0 spiro atoms. The monoisotopic (exact) mass is 209 g/mol.